The number of ether oxygens (including phenoxy) is 1. The van der Waals surface area contributed by atoms with Crippen molar-refractivity contribution in [2.45, 2.75) is 13.2 Å². The van der Waals surface area contributed by atoms with Gasteiger partial charge < -0.3 is 19.5 Å². The fourth-order valence-corrected chi connectivity index (χ4v) is 3.95. The molecule has 8 heteroatoms. The second-order valence-corrected chi connectivity index (χ2v) is 7.95. The van der Waals surface area contributed by atoms with Crippen LogP contribution < -0.4 is 4.74 Å². The molecule has 4 rings (SSSR count). The number of aromatic carboxylic acids is 2. The summed E-state index contributed by atoms with van der Waals surface area (Å²) in [5, 5.41) is 20.5. The number of carboxylic acids is 2. The molecule has 0 atom stereocenters. The van der Waals surface area contributed by atoms with Crippen molar-refractivity contribution in [3.63, 3.8) is 0 Å². The van der Waals surface area contributed by atoms with Gasteiger partial charge in [-0.05, 0) is 54.1 Å². The molecule has 1 heterocycles. The van der Waals surface area contributed by atoms with Crippen molar-refractivity contribution in [2.75, 3.05) is 0 Å². The highest BCUT2D eigenvalue weighted by Gasteiger charge is 2.16. The van der Waals surface area contributed by atoms with E-state index in [1.807, 2.05) is 0 Å². The Morgan fingerprint density at radius 2 is 1.56 bits per heavy atom. The number of rotatable bonds is 7. The van der Waals surface area contributed by atoms with Crippen molar-refractivity contribution < 1.29 is 24.5 Å². The van der Waals surface area contributed by atoms with E-state index in [0.717, 1.165) is 5.56 Å². The summed E-state index contributed by atoms with van der Waals surface area (Å²) in [5.41, 5.74) is 2.46. The van der Waals surface area contributed by atoms with Crippen LogP contribution in [0.3, 0.4) is 0 Å². The van der Waals surface area contributed by atoms with Crippen LogP contribution >= 0.6 is 23.2 Å². The van der Waals surface area contributed by atoms with Gasteiger partial charge in [-0.3, -0.25) is 0 Å². The topological polar surface area (TPSA) is 88.8 Å². The summed E-state index contributed by atoms with van der Waals surface area (Å²) in [4.78, 5) is 22.9. The van der Waals surface area contributed by atoms with Gasteiger partial charge in [0.05, 0.1) is 5.56 Å². The van der Waals surface area contributed by atoms with E-state index in [1.54, 1.807) is 59.2 Å². The van der Waals surface area contributed by atoms with Gasteiger partial charge in [-0.2, -0.15) is 0 Å². The minimum absolute atomic E-state index is 0.119. The van der Waals surface area contributed by atoms with Gasteiger partial charge in [0.1, 0.15) is 18.1 Å². The Kier molecular flexibility index (Phi) is 6.08. The summed E-state index contributed by atoms with van der Waals surface area (Å²) in [5.74, 6) is -1.53. The third-order valence-electron chi connectivity index (χ3n) is 5.08. The van der Waals surface area contributed by atoms with Crippen LogP contribution in [0, 0.1) is 0 Å². The maximum atomic E-state index is 11.8. The Balaban J connectivity index is 1.63. The number of carboxylic acid groups (broad SMARTS) is 2. The van der Waals surface area contributed by atoms with Crippen molar-refractivity contribution in [1.82, 2.24) is 4.57 Å². The molecule has 0 spiro atoms. The molecule has 0 amide bonds. The summed E-state index contributed by atoms with van der Waals surface area (Å²) in [6.45, 7) is 0.451. The smallest absolute Gasteiger partial charge is 0.352 e. The van der Waals surface area contributed by atoms with Crippen molar-refractivity contribution >= 4 is 46.0 Å². The molecule has 0 saturated carbocycles. The molecule has 0 unspecified atom stereocenters. The number of carbonyl (C=O) groups is 2. The highest BCUT2D eigenvalue weighted by atomic mass is 35.5. The van der Waals surface area contributed by atoms with Gasteiger partial charge in [0, 0.05) is 33.1 Å². The Bertz CT molecular complexity index is 1310. The first kappa shape index (κ1) is 21.7. The fourth-order valence-electron chi connectivity index (χ4n) is 3.45. The summed E-state index contributed by atoms with van der Waals surface area (Å²) < 4.78 is 7.51. The molecular formula is C24H17Cl2NO5. The molecule has 6 nitrogen and oxygen atoms in total. The lowest BCUT2D eigenvalue weighted by Crippen LogP contribution is -2.09. The fraction of sp³-hybridized carbons (Fsp3) is 0.0833. The molecule has 1 aromatic heterocycles. The Hall–Kier alpha value is -3.48. The van der Waals surface area contributed by atoms with Crippen LogP contribution in [0.15, 0.2) is 66.7 Å². The minimum atomic E-state index is -1.06. The second-order valence-electron chi connectivity index (χ2n) is 7.13. The third-order valence-corrected chi connectivity index (χ3v) is 5.79. The average molecular weight is 470 g/mol. The highest BCUT2D eigenvalue weighted by molar-refractivity contribution is 6.35. The van der Waals surface area contributed by atoms with E-state index in [0.29, 0.717) is 32.3 Å². The van der Waals surface area contributed by atoms with Crippen LogP contribution in [0.2, 0.25) is 10.0 Å². The molecule has 32 heavy (non-hydrogen) atoms. The Morgan fingerprint density at radius 1 is 0.875 bits per heavy atom. The summed E-state index contributed by atoms with van der Waals surface area (Å²) in [6, 6.07) is 18.4. The monoisotopic (exact) mass is 469 g/mol. The number of aromatic nitrogens is 1. The van der Waals surface area contributed by atoms with E-state index >= 15 is 0 Å². The van der Waals surface area contributed by atoms with Crippen LogP contribution in [-0.4, -0.2) is 26.7 Å². The average Bonchev–Trinajstić information content (AvgIpc) is 3.12. The maximum absolute atomic E-state index is 11.8. The van der Waals surface area contributed by atoms with Crippen LogP contribution in [0.5, 0.6) is 5.75 Å². The third kappa shape index (κ3) is 4.42. The predicted octanol–water partition coefficient (Wildman–Crippen LogP) is 5.97. The van der Waals surface area contributed by atoms with Gasteiger partial charge in [-0.15, -0.1) is 0 Å². The Labute approximate surface area is 193 Å². The molecule has 2 N–H and O–H groups in total. The van der Waals surface area contributed by atoms with E-state index < -0.39 is 11.9 Å². The number of benzene rings is 3. The zero-order valence-corrected chi connectivity index (χ0v) is 18.1. The summed E-state index contributed by atoms with van der Waals surface area (Å²) in [6.07, 6.45) is 0. The van der Waals surface area contributed by atoms with Gasteiger partial charge in [-0.1, -0.05) is 41.4 Å². The molecule has 0 saturated heterocycles. The number of hydrogen-bond acceptors (Lipinski definition) is 3. The molecule has 0 bridgehead atoms. The van der Waals surface area contributed by atoms with Gasteiger partial charge in [0.15, 0.2) is 0 Å². The molecule has 4 aromatic rings. The molecule has 0 fully saturated rings. The first-order valence-electron chi connectivity index (χ1n) is 9.58. The lowest BCUT2D eigenvalue weighted by atomic mass is 10.1. The second kappa shape index (κ2) is 8.94. The zero-order chi connectivity index (χ0) is 22.8. The molecule has 0 aliphatic rings. The van der Waals surface area contributed by atoms with E-state index in [-0.39, 0.29) is 24.4 Å². The molecule has 3 aromatic carbocycles. The van der Waals surface area contributed by atoms with Crippen LogP contribution in [0.25, 0.3) is 10.9 Å². The first-order chi connectivity index (χ1) is 15.3. The Morgan fingerprint density at radius 3 is 2.19 bits per heavy atom. The standard InChI is InChI=1S/C24H17Cl2NO5/c25-19-2-1-3-20(26)18(19)13-32-17-8-9-21-16(10-17)11-22(24(30)31)27(21)12-14-4-6-15(7-5-14)23(28)29/h1-11H,12-13H2,(H,28,29)(H,30,31). The minimum Gasteiger partial charge on any atom is -0.489 e. The maximum Gasteiger partial charge on any atom is 0.352 e. The van der Waals surface area contributed by atoms with E-state index in [4.69, 9.17) is 33.0 Å². The summed E-state index contributed by atoms with van der Waals surface area (Å²) >= 11 is 12.4. The quantitative estimate of drug-likeness (QED) is 0.347. The number of hydrogen-bond donors (Lipinski definition) is 2. The lowest BCUT2D eigenvalue weighted by molar-refractivity contribution is 0.0680. The first-order valence-corrected chi connectivity index (χ1v) is 10.3. The SMILES string of the molecule is O=C(O)c1ccc(Cn2c(C(=O)O)cc3cc(OCc4c(Cl)cccc4Cl)ccc32)cc1. The highest BCUT2D eigenvalue weighted by Crippen LogP contribution is 2.29. The normalized spacial score (nSPS) is 10.9. The van der Waals surface area contributed by atoms with E-state index in [2.05, 4.69) is 0 Å². The molecule has 0 aliphatic heterocycles. The van der Waals surface area contributed by atoms with E-state index in [1.165, 1.54) is 12.1 Å². The van der Waals surface area contributed by atoms with Gasteiger partial charge in [0.2, 0.25) is 0 Å². The van der Waals surface area contributed by atoms with Crippen LogP contribution in [0.4, 0.5) is 0 Å². The van der Waals surface area contributed by atoms with Crippen molar-refractivity contribution in [1.29, 1.82) is 0 Å². The van der Waals surface area contributed by atoms with Gasteiger partial charge in [-0.25, -0.2) is 9.59 Å². The lowest BCUT2D eigenvalue weighted by Gasteiger charge is -2.11. The van der Waals surface area contributed by atoms with Gasteiger partial charge in [0.25, 0.3) is 0 Å². The van der Waals surface area contributed by atoms with Crippen LogP contribution in [0.1, 0.15) is 32.0 Å². The number of fused-ring (bicyclic) bond motifs is 1. The molecule has 162 valence electrons. The number of nitrogens with zero attached hydrogens (tertiary/aromatic N) is 1. The molecule has 0 aliphatic carbocycles. The summed E-state index contributed by atoms with van der Waals surface area (Å²) in [7, 11) is 0. The van der Waals surface area contributed by atoms with Crippen molar-refractivity contribution in [3.8, 4) is 5.75 Å². The largest absolute Gasteiger partial charge is 0.489 e. The van der Waals surface area contributed by atoms with Crippen molar-refractivity contribution in [2.24, 2.45) is 0 Å². The van der Waals surface area contributed by atoms with E-state index in [9.17, 15) is 14.7 Å². The van der Waals surface area contributed by atoms with Crippen molar-refractivity contribution in [3.05, 3.63) is 99.2 Å². The molecular weight excluding hydrogens is 453 g/mol. The van der Waals surface area contributed by atoms with Gasteiger partial charge >= 0.3 is 11.9 Å². The number of halogens is 2. The molecule has 0 radical (unpaired) electrons. The zero-order valence-electron chi connectivity index (χ0n) is 16.6. The van der Waals surface area contributed by atoms with Crippen LogP contribution in [-0.2, 0) is 13.2 Å². The predicted molar refractivity (Wildman–Crippen MR) is 122 cm³/mol.